The monoisotopic (exact) mass is 280 g/mol. The maximum absolute atomic E-state index is 12.6. The first-order valence-electron chi connectivity index (χ1n) is 6.50. The molecule has 4 nitrogen and oxygen atoms in total. The van der Waals surface area contributed by atoms with Gasteiger partial charge in [0.2, 0.25) is 0 Å². The van der Waals surface area contributed by atoms with Crippen LogP contribution >= 0.6 is 0 Å². The molecular formula is C17H12O4. The Hall–Kier alpha value is -2.75. The maximum atomic E-state index is 12.6. The van der Waals surface area contributed by atoms with Crippen molar-refractivity contribution < 1.29 is 19.1 Å². The number of carbonyl (C=O) groups excluding carboxylic acids is 3. The van der Waals surface area contributed by atoms with Crippen molar-refractivity contribution in [2.24, 2.45) is 0 Å². The van der Waals surface area contributed by atoms with Gasteiger partial charge in [-0.15, -0.1) is 0 Å². The van der Waals surface area contributed by atoms with Crippen molar-refractivity contribution in [3.63, 3.8) is 0 Å². The van der Waals surface area contributed by atoms with Gasteiger partial charge in [-0.25, -0.2) is 0 Å². The van der Waals surface area contributed by atoms with E-state index in [9.17, 15) is 14.4 Å². The lowest BCUT2D eigenvalue weighted by Crippen LogP contribution is -2.22. The minimum absolute atomic E-state index is 0.129. The van der Waals surface area contributed by atoms with Crippen molar-refractivity contribution in [2.45, 2.75) is 13.8 Å². The fourth-order valence-corrected chi connectivity index (χ4v) is 2.52. The second-order valence-electron chi connectivity index (χ2n) is 4.98. The summed E-state index contributed by atoms with van der Waals surface area (Å²) in [5, 5.41) is 0. The fourth-order valence-electron chi connectivity index (χ4n) is 2.52. The Balaban J connectivity index is 2.25. The van der Waals surface area contributed by atoms with Crippen molar-refractivity contribution >= 4 is 17.5 Å². The first-order chi connectivity index (χ1) is 9.99. The molecule has 0 saturated heterocycles. The topological polar surface area (TPSA) is 60.4 Å². The van der Waals surface area contributed by atoms with Crippen LogP contribution in [0, 0.1) is 6.92 Å². The maximum Gasteiger partial charge on any atom is 0.308 e. The quantitative estimate of drug-likeness (QED) is 0.508. The molecule has 0 amide bonds. The molecule has 0 unspecified atom stereocenters. The zero-order valence-corrected chi connectivity index (χ0v) is 11.6. The molecule has 1 aliphatic carbocycles. The number of hydrogen-bond donors (Lipinski definition) is 0. The molecule has 3 rings (SSSR count). The van der Waals surface area contributed by atoms with Crippen LogP contribution in [0.3, 0.4) is 0 Å². The van der Waals surface area contributed by atoms with Crippen LogP contribution in [0.4, 0.5) is 0 Å². The number of ketones is 2. The van der Waals surface area contributed by atoms with E-state index in [1.54, 1.807) is 30.3 Å². The summed E-state index contributed by atoms with van der Waals surface area (Å²) in [6, 6.07) is 9.82. The molecule has 2 aromatic carbocycles. The Bertz CT molecular complexity index is 802. The molecule has 2 aromatic rings. The zero-order chi connectivity index (χ0) is 15.1. The summed E-state index contributed by atoms with van der Waals surface area (Å²) in [5.41, 5.74) is 2.09. The molecule has 0 heterocycles. The summed E-state index contributed by atoms with van der Waals surface area (Å²) in [7, 11) is 0. The highest BCUT2D eigenvalue weighted by Gasteiger charge is 2.32. The summed E-state index contributed by atoms with van der Waals surface area (Å²) in [4.78, 5) is 36.3. The van der Waals surface area contributed by atoms with E-state index in [2.05, 4.69) is 0 Å². The molecule has 1 aliphatic rings. The van der Waals surface area contributed by atoms with E-state index in [1.807, 2.05) is 6.92 Å². The summed E-state index contributed by atoms with van der Waals surface area (Å²) in [5.74, 6) is -0.920. The molecular weight excluding hydrogens is 268 g/mol. The summed E-state index contributed by atoms with van der Waals surface area (Å²) in [6.45, 7) is 3.12. The molecule has 4 heteroatoms. The summed E-state index contributed by atoms with van der Waals surface area (Å²) in [6.07, 6.45) is 0. The van der Waals surface area contributed by atoms with Gasteiger partial charge >= 0.3 is 5.97 Å². The van der Waals surface area contributed by atoms with Gasteiger partial charge in [0.25, 0.3) is 0 Å². The molecule has 0 fully saturated rings. The number of hydrogen-bond acceptors (Lipinski definition) is 4. The van der Waals surface area contributed by atoms with Gasteiger partial charge in [-0.3, -0.25) is 14.4 Å². The van der Waals surface area contributed by atoms with Crippen LogP contribution in [0.1, 0.15) is 44.3 Å². The van der Waals surface area contributed by atoms with E-state index in [1.165, 1.54) is 13.0 Å². The number of fused-ring (bicyclic) bond motifs is 2. The van der Waals surface area contributed by atoms with Crippen molar-refractivity contribution in [3.05, 3.63) is 64.2 Å². The van der Waals surface area contributed by atoms with Gasteiger partial charge in [0.1, 0.15) is 5.75 Å². The van der Waals surface area contributed by atoms with Crippen molar-refractivity contribution in [1.82, 2.24) is 0 Å². The van der Waals surface area contributed by atoms with E-state index in [4.69, 9.17) is 4.74 Å². The molecule has 0 N–H and O–H groups in total. The highest BCUT2D eigenvalue weighted by Crippen LogP contribution is 2.33. The summed E-state index contributed by atoms with van der Waals surface area (Å²) < 4.78 is 5.06. The Labute approximate surface area is 121 Å². The van der Waals surface area contributed by atoms with Crippen LogP contribution in [0.15, 0.2) is 36.4 Å². The fraction of sp³-hybridized carbons (Fsp3) is 0.118. The smallest absolute Gasteiger partial charge is 0.308 e. The van der Waals surface area contributed by atoms with Gasteiger partial charge in [0.15, 0.2) is 11.6 Å². The van der Waals surface area contributed by atoms with Gasteiger partial charge in [-0.05, 0) is 19.1 Å². The number of benzene rings is 2. The molecule has 0 spiro atoms. The molecule has 0 saturated carbocycles. The SMILES string of the molecule is CC(=O)Oc1cccc2c1C(=O)c1ccc(C)cc1C2=O. The van der Waals surface area contributed by atoms with Crippen molar-refractivity contribution in [1.29, 1.82) is 0 Å². The lowest BCUT2D eigenvalue weighted by Gasteiger charge is -2.19. The predicted octanol–water partition coefficient (Wildman–Crippen LogP) is 2.70. The van der Waals surface area contributed by atoms with E-state index in [0.717, 1.165) is 5.56 Å². The molecule has 0 atom stereocenters. The molecule has 0 bridgehead atoms. The minimum Gasteiger partial charge on any atom is -0.426 e. The second kappa shape index (κ2) is 4.66. The number of esters is 1. The van der Waals surface area contributed by atoms with E-state index in [-0.39, 0.29) is 28.4 Å². The highest BCUT2D eigenvalue weighted by atomic mass is 16.5. The van der Waals surface area contributed by atoms with Crippen LogP contribution in [-0.4, -0.2) is 17.5 Å². The van der Waals surface area contributed by atoms with Crippen LogP contribution in [0.2, 0.25) is 0 Å². The van der Waals surface area contributed by atoms with E-state index >= 15 is 0 Å². The first kappa shape index (κ1) is 13.2. The standard InChI is InChI=1S/C17H12O4/c1-9-6-7-11-13(8-9)16(19)12-4-3-5-14(21-10(2)18)15(12)17(11)20/h3-8H,1-2H3. The van der Waals surface area contributed by atoms with E-state index in [0.29, 0.717) is 11.1 Å². The molecule has 104 valence electrons. The van der Waals surface area contributed by atoms with Gasteiger partial charge in [0.05, 0.1) is 5.56 Å². The van der Waals surface area contributed by atoms with Crippen molar-refractivity contribution in [2.75, 3.05) is 0 Å². The lowest BCUT2D eigenvalue weighted by molar-refractivity contribution is -0.131. The normalized spacial score (nSPS) is 12.7. The molecule has 21 heavy (non-hydrogen) atoms. The number of aryl methyl sites for hydroxylation is 1. The average molecular weight is 280 g/mol. The van der Waals surface area contributed by atoms with Crippen LogP contribution in [0.25, 0.3) is 0 Å². The van der Waals surface area contributed by atoms with Gasteiger partial charge in [-0.1, -0.05) is 29.8 Å². The first-order valence-corrected chi connectivity index (χ1v) is 6.50. The Morgan fingerprint density at radius 2 is 1.71 bits per heavy atom. The van der Waals surface area contributed by atoms with Crippen LogP contribution in [0.5, 0.6) is 5.75 Å². The Kier molecular flexibility index (Phi) is 2.94. The van der Waals surface area contributed by atoms with Gasteiger partial charge in [0, 0.05) is 23.6 Å². The Morgan fingerprint density at radius 1 is 0.952 bits per heavy atom. The van der Waals surface area contributed by atoms with Gasteiger partial charge in [-0.2, -0.15) is 0 Å². The largest absolute Gasteiger partial charge is 0.426 e. The predicted molar refractivity (Wildman–Crippen MR) is 75.8 cm³/mol. The van der Waals surface area contributed by atoms with Crippen LogP contribution < -0.4 is 4.74 Å². The summed E-state index contributed by atoms with van der Waals surface area (Å²) >= 11 is 0. The van der Waals surface area contributed by atoms with Crippen LogP contribution in [-0.2, 0) is 4.79 Å². The number of carbonyl (C=O) groups is 3. The number of ether oxygens (including phenoxy) is 1. The molecule has 0 radical (unpaired) electrons. The third-order valence-corrected chi connectivity index (χ3v) is 3.42. The number of rotatable bonds is 1. The zero-order valence-electron chi connectivity index (χ0n) is 11.6. The van der Waals surface area contributed by atoms with Gasteiger partial charge < -0.3 is 4.74 Å². The second-order valence-corrected chi connectivity index (χ2v) is 4.98. The third kappa shape index (κ3) is 2.05. The van der Waals surface area contributed by atoms with E-state index < -0.39 is 5.97 Å². The lowest BCUT2D eigenvalue weighted by atomic mass is 9.83. The highest BCUT2D eigenvalue weighted by molar-refractivity contribution is 6.29. The van der Waals surface area contributed by atoms with Crippen molar-refractivity contribution in [3.8, 4) is 5.75 Å². The average Bonchev–Trinajstić information content (AvgIpc) is 2.44. The minimum atomic E-state index is -0.529. The Morgan fingerprint density at radius 3 is 2.43 bits per heavy atom. The molecule has 0 aromatic heterocycles. The molecule has 0 aliphatic heterocycles. The third-order valence-electron chi connectivity index (χ3n) is 3.42.